The SMILES string of the molecule is C=C(C)C(=O)OC1(C)CC2OC1CC2OS(=O)[O-]. The van der Waals surface area contributed by atoms with Gasteiger partial charge in [-0.15, -0.1) is 0 Å². The van der Waals surface area contributed by atoms with E-state index in [1.165, 1.54) is 0 Å². The molecule has 2 bridgehead atoms. The van der Waals surface area contributed by atoms with Gasteiger partial charge in [0.1, 0.15) is 17.8 Å². The van der Waals surface area contributed by atoms with Crippen LogP contribution in [0.5, 0.6) is 0 Å². The molecule has 0 N–H and O–H groups in total. The fraction of sp³-hybridized carbons (Fsp3) is 0.727. The lowest BCUT2D eigenvalue weighted by Gasteiger charge is -2.33. The minimum atomic E-state index is -2.55. The topological polar surface area (TPSA) is 84.9 Å². The third-order valence-electron chi connectivity index (χ3n) is 3.36. The summed E-state index contributed by atoms with van der Waals surface area (Å²) in [5.74, 6) is -0.460. The van der Waals surface area contributed by atoms with Gasteiger partial charge in [0, 0.05) is 18.4 Å². The molecule has 2 fully saturated rings. The predicted molar refractivity (Wildman–Crippen MR) is 61.0 cm³/mol. The summed E-state index contributed by atoms with van der Waals surface area (Å²) < 4.78 is 36.6. The van der Waals surface area contributed by atoms with E-state index in [9.17, 15) is 13.6 Å². The Labute approximate surface area is 108 Å². The lowest BCUT2D eigenvalue weighted by molar-refractivity contribution is -0.158. The van der Waals surface area contributed by atoms with Crippen LogP contribution >= 0.6 is 0 Å². The third-order valence-corrected chi connectivity index (χ3v) is 3.77. The molecule has 2 aliphatic heterocycles. The van der Waals surface area contributed by atoms with Crippen molar-refractivity contribution in [3.63, 3.8) is 0 Å². The number of fused-ring (bicyclic) bond motifs is 2. The van der Waals surface area contributed by atoms with Crippen molar-refractivity contribution in [3.8, 4) is 0 Å². The highest BCUT2D eigenvalue weighted by atomic mass is 32.2. The van der Waals surface area contributed by atoms with Crippen LogP contribution in [0.25, 0.3) is 0 Å². The Balaban J connectivity index is 1.99. The van der Waals surface area contributed by atoms with Crippen LogP contribution in [-0.4, -0.2) is 38.6 Å². The number of ether oxygens (including phenoxy) is 2. The molecule has 102 valence electrons. The van der Waals surface area contributed by atoms with E-state index in [1.54, 1.807) is 13.8 Å². The molecule has 0 aromatic carbocycles. The van der Waals surface area contributed by atoms with E-state index < -0.39 is 29.0 Å². The summed E-state index contributed by atoms with van der Waals surface area (Å²) in [6.07, 6.45) is -0.336. The van der Waals surface area contributed by atoms with Crippen molar-refractivity contribution >= 4 is 17.3 Å². The zero-order valence-corrected chi connectivity index (χ0v) is 11.0. The normalized spacial score (nSPS) is 39.6. The van der Waals surface area contributed by atoms with Crippen molar-refractivity contribution in [2.24, 2.45) is 0 Å². The Morgan fingerprint density at radius 1 is 1.61 bits per heavy atom. The first-order chi connectivity index (χ1) is 8.32. The van der Waals surface area contributed by atoms with Crippen LogP contribution in [0, 0.1) is 0 Å². The van der Waals surface area contributed by atoms with Crippen LogP contribution in [0.3, 0.4) is 0 Å². The standard InChI is InChI=1S/C11H16O6S/c1-6(2)10(12)16-11(3)5-8-7(17-18(13)14)4-9(11)15-8/h7-9H,1,4-5H2,2-3H3,(H,13,14)/p-1. The summed E-state index contributed by atoms with van der Waals surface area (Å²) in [7, 11) is 0. The molecule has 0 aromatic heterocycles. The Morgan fingerprint density at radius 2 is 2.28 bits per heavy atom. The first kappa shape index (κ1) is 13.7. The Kier molecular flexibility index (Phi) is 3.59. The van der Waals surface area contributed by atoms with Gasteiger partial charge >= 0.3 is 5.97 Å². The Morgan fingerprint density at radius 3 is 2.72 bits per heavy atom. The average Bonchev–Trinajstić information content (AvgIpc) is 2.73. The van der Waals surface area contributed by atoms with Crippen molar-refractivity contribution in [3.05, 3.63) is 12.2 Å². The predicted octanol–water partition coefficient (Wildman–Crippen LogP) is 0.605. The number of rotatable bonds is 4. The molecule has 5 unspecified atom stereocenters. The number of hydrogen-bond acceptors (Lipinski definition) is 6. The first-order valence-corrected chi connectivity index (χ1v) is 6.62. The van der Waals surface area contributed by atoms with Crippen molar-refractivity contribution < 1.29 is 27.2 Å². The Bertz CT molecular complexity index is 408. The minimum absolute atomic E-state index is 0.326. The molecular formula is C11H15O6S-. The van der Waals surface area contributed by atoms with E-state index in [0.29, 0.717) is 18.4 Å². The maximum Gasteiger partial charge on any atom is 0.333 e. The fourth-order valence-corrected chi connectivity index (χ4v) is 2.83. The van der Waals surface area contributed by atoms with Crippen molar-refractivity contribution in [2.75, 3.05) is 0 Å². The van der Waals surface area contributed by atoms with E-state index in [-0.39, 0.29) is 12.2 Å². The largest absolute Gasteiger partial charge is 0.750 e. The van der Waals surface area contributed by atoms with Crippen LogP contribution < -0.4 is 0 Å². The van der Waals surface area contributed by atoms with E-state index in [0.717, 1.165) is 0 Å². The molecule has 7 heteroatoms. The maximum absolute atomic E-state index is 11.5. The van der Waals surface area contributed by atoms with Gasteiger partial charge in [0.05, 0.1) is 17.5 Å². The van der Waals surface area contributed by atoms with Gasteiger partial charge in [-0.05, 0) is 13.8 Å². The van der Waals surface area contributed by atoms with Gasteiger partial charge in [-0.3, -0.25) is 4.18 Å². The summed E-state index contributed by atoms with van der Waals surface area (Å²) >= 11 is -2.55. The number of hydrogen-bond donors (Lipinski definition) is 0. The summed E-state index contributed by atoms with van der Waals surface area (Å²) in [5.41, 5.74) is -0.405. The molecule has 2 rings (SSSR count). The van der Waals surface area contributed by atoms with Crippen LogP contribution in [0.1, 0.15) is 26.7 Å². The summed E-state index contributed by atoms with van der Waals surface area (Å²) in [6.45, 7) is 6.88. The van der Waals surface area contributed by atoms with Gasteiger partial charge < -0.3 is 14.0 Å². The van der Waals surface area contributed by atoms with Crippen molar-refractivity contribution in [1.82, 2.24) is 0 Å². The summed E-state index contributed by atoms with van der Waals surface area (Å²) in [6, 6.07) is 0. The molecular weight excluding hydrogens is 260 g/mol. The highest BCUT2D eigenvalue weighted by Crippen LogP contribution is 2.45. The molecule has 0 aliphatic carbocycles. The zero-order chi connectivity index (χ0) is 13.5. The summed E-state index contributed by atoms with van der Waals surface area (Å²) in [4.78, 5) is 11.5. The lowest BCUT2D eigenvalue weighted by Crippen LogP contribution is -2.45. The van der Waals surface area contributed by atoms with E-state index >= 15 is 0 Å². The monoisotopic (exact) mass is 275 g/mol. The smallest absolute Gasteiger partial charge is 0.333 e. The molecule has 6 nitrogen and oxygen atoms in total. The van der Waals surface area contributed by atoms with E-state index in [4.69, 9.17) is 13.7 Å². The second kappa shape index (κ2) is 4.73. The minimum Gasteiger partial charge on any atom is -0.750 e. The molecule has 2 heterocycles. The summed E-state index contributed by atoms with van der Waals surface area (Å²) in [5, 5.41) is 0. The molecule has 0 amide bonds. The second-order valence-corrected chi connectivity index (χ2v) is 5.53. The second-order valence-electron chi connectivity index (χ2n) is 4.92. The molecule has 0 spiro atoms. The van der Waals surface area contributed by atoms with Crippen LogP contribution in [-0.2, 0) is 29.8 Å². The lowest BCUT2D eigenvalue weighted by atomic mass is 9.84. The van der Waals surface area contributed by atoms with E-state index in [1.807, 2.05) is 0 Å². The van der Waals surface area contributed by atoms with Crippen molar-refractivity contribution in [2.45, 2.75) is 50.6 Å². The highest BCUT2D eigenvalue weighted by Gasteiger charge is 2.57. The van der Waals surface area contributed by atoms with Crippen LogP contribution in [0.2, 0.25) is 0 Å². The molecule has 2 aliphatic rings. The fourth-order valence-electron chi connectivity index (χ4n) is 2.43. The maximum atomic E-state index is 11.5. The highest BCUT2D eigenvalue weighted by molar-refractivity contribution is 7.74. The average molecular weight is 275 g/mol. The van der Waals surface area contributed by atoms with Gasteiger partial charge in [-0.1, -0.05) is 6.58 Å². The number of esters is 1. The first-order valence-electron chi connectivity index (χ1n) is 5.62. The van der Waals surface area contributed by atoms with Crippen LogP contribution in [0.4, 0.5) is 0 Å². The number of carbonyl (C=O) groups is 1. The number of carbonyl (C=O) groups excluding carboxylic acids is 1. The molecule has 0 radical (unpaired) electrons. The van der Waals surface area contributed by atoms with Gasteiger partial charge in [0.25, 0.3) is 0 Å². The van der Waals surface area contributed by atoms with Gasteiger partial charge in [0.15, 0.2) is 0 Å². The van der Waals surface area contributed by atoms with Gasteiger partial charge in [-0.25, -0.2) is 9.00 Å². The molecule has 0 aromatic rings. The molecule has 0 saturated carbocycles. The third kappa shape index (κ3) is 2.49. The zero-order valence-electron chi connectivity index (χ0n) is 10.2. The van der Waals surface area contributed by atoms with Gasteiger partial charge in [0.2, 0.25) is 0 Å². The van der Waals surface area contributed by atoms with E-state index in [2.05, 4.69) is 6.58 Å². The van der Waals surface area contributed by atoms with Crippen LogP contribution in [0.15, 0.2) is 12.2 Å². The molecule has 18 heavy (non-hydrogen) atoms. The quantitative estimate of drug-likeness (QED) is 0.424. The van der Waals surface area contributed by atoms with Gasteiger partial charge in [-0.2, -0.15) is 0 Å². The molecule has 5 atom stereocenters. The Hall–Kier alpha value is -0.760. The molecule has 2 saturated heterocycles. The van der Waals surface area contributed by atoms with Crippen molar-refractivity contribution in [1.29, 1.82) is 0 Å².